The minimum atomic E-state index is -0.567. The fraction of sp³-hybridized carbons (Fsp3) is 0.556. The number of nitrogens with zero attached hydrogens (tertiary/aromatic N) is 5. The molecule has 2 aromatic rings. The van der Waals surface area contributed by atoms with E-state index in [2.05, 4.69) is 32.2 Å². The van der Waals surface area contributed by atoms with E-state index in [1.54, 1.807) is 23.4 Å². The standard InChI is InChI=1S/C18H27N7O2/c1-12-8-24(15-5-6-20-7-13(15)19)9-14(16(12)25-11-21-10-22-25)23-17(26)27-18(2,3)4/h5-7,10-12,14,16H,8-9,19H2,1-4H3,(H,23,26). The first-order valence-corrected chi connectivity index (χ1v) is 9.02. The van der Waals surface area contributed by atoms with E-state index in [-0.39, 0.29) is 18.0 Å². The molecule has 3 atom stereocenters. The number of nitrogens with two attached hydrogens (primary N) is 1. The number of hydrogen-bond donors (Lipinski definition) is 2. The molecule has 0 aliphatic carbocycles. The topological polar surface area (TPSA) is 111 Å². The number of anilines is 2. The lowest BCUT2D eigenvalue weighted by molar-refractivity contribution is 0.0466. The SMILES string of the molecule is CC1CN(c2ccncc2N)CC(NC(=O)OC(C)(C)C)C1n1cncn1. The molecule has 0 aromatic carbocycles. The highest BCUT2D eigenvalue weighted by Crippen LogP contribution is 2.33. The molecule has 27 heavy (non-hydrogen) atoms. The normalized spacial score (nSPS) is 23.1. The van der Waals surface area contributed by atoms with Crippen LogP contribution in [0.4, 0.5) is 16.2 Å². The number of piperidine rings is 1. The highest BCUT2D eigenvalue weighted by atomic mass is 16.6. The third kappa shape index (κ3) is 4.47. The quantitative estimate of drug-likeness (QED) is 0.844. The van der Waals surface area contributed by atoms with Gasteiger partial charge in [0.2, 0.25) is 0 Å². The van der Waals surface area contributed by atoms with E-state index >= 15 is 0 Å². The maximum Gasteiger partial charge on any atom is 0.408 e. The summed E-state index contributed by atoms with van der Waals surface area (Å²) in [7, 11) is 0. The monoisotopic (exact) mass is 373 g/mol. The average molecular weight is 373 g/mol. The van der Waals surface area contributed by atoms with E-state index in [4.69, 9.17) is 10.5 Å². The molecule has 3 unspecified atom stereocenters. The third-order valence-electron chi connectivity index (χ3n) is 4.53. The van der Waals surface area contributed by atoms with Gasteiger partial charge in [-0.15, -0.1) is 0 Å². The van der Waals surface area contributed by atoms with E-state index in [9.17, 15) is 4.79 Å². The first-order chi connectivity index (χ1) is 12.7. The van der Waals surface area contributed by atoms with Gasteiger partial charge in [-0.3, -0.25) is 4.98 Å². The number of hydrogen-bond acceptors (Lipinski definition) is 7. The van der Waals surface area contributed by atoms with Gasteiger partial charge in [-0.1, -0.05) is 6.92 Å². The molecule has 3 heterocycles. The summed E-state index contributed by atoms with van der Waals surface area (Å²) in [6, 6.07) is 1.62. The van der Waals surface area contributed by atoms with Crippen molar-refractivity contribution in [1.29, 1.82) is 0 Å². The largest absolute Gasteiger partial charge is 0.444 e. The fourth-order valence-electron chi connectivity index (χ4n) is 3.56. The zero-order valence-electron chi connectivity index (χ0n) is 16.2. The Morgan fingerprint density at radius 3 is 2.74 bits per heavy atom. The number of ether oxygens (including phenoxy) is 1. The molecule has 1 aliphatic heterocycles. The summed E-state index contributed by atoms with van der Waals surface area (Å²) in [5, 5.41) is 7.31. The maximum atomic E-state index is 12.4. The van der Waals surface area contributed by atoms with Crippen molar-refractivity contribution in [1.82, 2.24) is 25.1 Å². The van der Waals surface area contributed by atoms with Crippen LogP contribution < -0.4 is 16.0 Å². The Hall–Kier alpha value is -2.84. The van der Waals surface area contributed by atoms with Crippen molar-refractivity contribution >= 4 is 17.5 Å². The van der Waals surface area contributed by atoms with Gasteiger partial charge < -0.3 is 20.7 Å². The van der Waals surface area contributed by atoms with Gasteiger partial charge in [0.05, 0.1) is 29.7 Å². The van der Waals surface area contributed by atoms with Crippen LogP contribution in [0.1, 0.15) is 33.7 Å². The maximum absolute atomic E-state index is 12.4. The molecule has 0 saturated carbocycles. The third-order valence-corrected chi connectivity index (χ3v) is 4.53. The highest BCUT2D eigenvalue weighted by Gasteiger charge is 2.38. The van der Waals surface area contributed by atoms with Crippen LogP contribution in [0.2, 0.25) is 0 Å². The molecule has 1 saturated heterocycles. The van der Waals surface area contributed by atoms with Crippen molar-refractivity contribution < 1.29 is 9.53 Å². The van der Waals surface area contributed by atoms with Crippen molar-refractivity contribution in [2.45, 2.75) is 45.4 Å². The number of rotatable bonds is 3. The molecule has 3 N–H and O–H groups in total. The van der Waals surface area contributed by atoms with Crippen LogP contribution in [0.25, 0.3) is 0 Å². The molecule has 1 aliphatic rings. The summed E-state index contributed by atoms with van der Waals surface area (Å²) < 4.78 is 7.26. The van der Waals surface area contributed by atoms with Gasteiger partial charge in [0.15, 0.2) is 0 Å². The van der Waals surface area contributed by atoms with Crippen LogP contribution in [-0.2, 0) is 4.74 Å². The van der Waals surface area contributed by atoms with Gasteiger partial charge >= 0.3 is 6.09 Å². The summed E-state index contributed by atoms with van der Waals surface area (Å²) >= 11 is 0. The first-order valence-electron chi connectivity index (χ1n) is 9.02. The Kier molecular flexibility index (Phi) is 5.20. The van der Waals surface area contributed by atoms with Crippen molar-refractivity contribution in [3.63, 3.8) is 0 Å². The summed E-state index contributed by atoms with van der Waals surface area (Å²) in [5.41, 5.74) is 7.06. The van der Waals surface area contributed by atoms with Gasteiger partial charge in [-0.25, -0.2) is 14.5 Å². The van der Waals surface area contributed by atoms with Crippen LogP contribution in [0.15, 0.2) is 31.1 Å². The van der Waals surface area contributed by atoms with Crippen LogP contribution in [0, 0.1) is 5.92 Å². The zero-order valence-corrected chi connectivity index (χ0v) is 16.2. The lowest BCUT2D eigenvalue weighted by Crippen LogP contribution is -2.57. The zero-order chi connectivity index (χ0) is 19.6. The summed E-state index contributed by atoms with van der Waals surface area (Å²) in [6.45, 7) is 8.99. The number of aromatic nitrogens is 4. The highest BCUT2D eigenvalue weighted by molar-refractivity contribution is 5.69. The number of carbonyl (C=O) groups is 1. The van der Waals surface area contributed by atoms with Gasteiger partial charge in [0.1, 0.15) is 18.3 Å². The van der Waals surface area contributed by atoms with E-state index in [1.807, 2.05) is 26.8 Å². The molecule has 0 radical (unpaired) electrons. The summed E-state index contributed by atoms with van der Waals surface area (Å²) in [6.07, 6.45) is 6.09. The second-order valence-corrected chi connectivity index (χ2v) is 7.94. The molecular formula is C18H27N7O2. The van der Waals surface area contributed by atoms with E-state index < -0.39 is 11.7 Å². The molecule has 3 rings (SSSR count). The first kappa shape index (κ1) is 18.9. The second-order valence-electron chi connectivity index (χ2n) is 7.94. The van der Waals surface area contributed by atoms with Crippen molar-refractivity contribution in [3.8, 4) is 0 Å². The van der Waals surface area contributed by atoms with Crippen molar-refractivity contribution in [3.05, 3.63) is 31.1 Å². The van der Waals surface area contributed by atoms with E-state index in [0.29, 0.717) is 12.2 Å². The molecule has 2 aromatic heterocycles. The number of nitrogens with one attached hydrogen (secondary N) is 1. The Bertz CT molecular complexity index is 772. The fourth-order valence-corrected chi connectivity index (χ4v) is 3.56. The Morgan fingerprint density at radius 2 is 2.11 bits per heavy atom. The Morgan fingerprint density at radius 1 is 1.33 bits per heavy atom. The van der Waals surface area contributed by atoms with Gasteiger partial charge in [-0.05, 0) is 32.8 Å². The minimum Gasteiger partial charge on any atom is -0.444 e. The van der Waals surface area contributed by atoms with Gasteiger partial charge in [-0.2, -0.15) is 5.10 Å². The molecule has 146 valence electrons. The number of carbonyl (C=O) groups excluding carboxylic acids is 1. The predicted molar refractivity (Wildman–Crippen MR) is 102 cm³/mol. The lowest BCUT2D eigenvalue weighted by Gasteiger charge is -2.43. The molecule has 1 amide bonds. The molecule has 0 spiro atoms. The van der Waals surface area contributed by atoms with Crippen LogP contribution >= 0.6 is 0 Å². The molecular weight excluding hydrogens is 346 g/mol. The number of pyridine rings is 1. The van der Waals surface area contributed by atoms with Crippen molar-refractivity contribution in [2.24, 2.45) is 5.92 Å². The summed E-state index contributed by atoms with van der Waals surface area (Å²) in [4.78, 5) is 22.7. The predicted octanol–water partition coefficient (Wildman–Crippen LogP) is 1.85. The minimum absolute atomic E-state index is 0.0423. The molecule has 9 nitrogen and oxygen atoms in total. The van der Waals surface area contributed by atoms with E-state index in [1.165, 1.54) is 6.33 Å². The number of alkyl carbamates (subject to hydrolysis) is 1. The number of nitrogen functional groups attached to an aromatic ring is 1. The van der Waals surface area contributed by atoms with Gasteiger partial charge in [0, 0.05) is 19.3 Å². The smallest absolute Gasteiger partial charge is 0.408 e. The number of amides is 1. The molecule has 0 bridgehead atoms. The van der Waals surface area contributed by atoms with E-state index in [0.717, 1.165) is 12.2 Å². The lowest BCUT2D eigenvalue weighted by atomic mass is 9.89. The van der Waals surface area contributed by atoms with Crippen LogP contribution in [-0.4, -0.2) is 50.6 Å². The Labute approximate surface area is 158 Å². The summed E-state index contributed by atoms with van der Waals surface area (Å²) in [5.74, 6) is 0.188. The van der Waals surface area contributed by atoms with Crippen molar-refractivity contribution in [2.75, 3.05) is 23.7 Å². The van der Waals surface area contributed by atoms with Crippen LogP contribution in [0.3, 0.4) is 0 Å². The average Bonchev–Trinajstić information content (AvgIpc) is 3.07. The van der Waals surface area contributed by atoms with Crippen LogP contribution in [0.5, 0.6) is 0 Å². The molecule has 1 fully saturated rings. The van der Waals surface area contributed by atoms with Gasteiger partial charge in [0.25, 0.3) is 0 Å². The molecule has 9 heteroatoms. The Balaban J connectivity index is 1.85. The second kappa shape index (κ2) is 7.42.